The van der Waals surface area contributed by atoms with E-state index in [-0.39, 0.29) is 10.2 Å². The summed E-state index contributed by atoms with van der Waals surface area (Å²) in [5.74, 6) is -0.756. The topological polar surface area (TPSA) is 66.8 Å². The zero-order chi connectivity index (χ0) is 22.4. The molecule has 0 saturated carbocycles. The number of rotatable bonds is 9. The summed E-state index contributed by atoms with van der Waals surface area (Å²) in [5, 5.41) is 9.61. The number of aryl methyl sites for hydroxylation is 1. The number of carboxylic acid groups (broad SMARTS) is 1. The first-order valence-electron chi connectivity index (χ1n) is 10.2. The molecule has 162 valence electrons. The third-order valence-electron chi connectivity index (χ3n) is 4.97. The van der Waals surface area contributed by atoms with Crippen LogP contribution in [0.5, 0.6) is 5.75 Å². The smallest absolute Gasteiger partial charge is 0.326 e. The van der Waals surface area contributed by atoms with Gasteiger partial charge >= 0.3 is 5.97 Å². The van der Waals surface area contributed by atoms with Crippen molar-refractivity contribution in [1.29, 1.82) is 0 Å². The predicted octanol–water partition coefficient (Wildman–Crippen LogP) is 5.42. The number of hydrogen-bond donors (Lipinski definition) is 1. The van der Waals surface area contributed by atoms with Gasteiger partial charge < -0.3 is 9.84 Å². The van der Waals surface area contributed by atoms with Gasteiger partial charge in [0.15, 0.2) is 0 Å². The number of para-hydroxylation sites is 1. The summed E-state index contributed by atoms with van der Waals surface area (Å²) in [4.78, 5) is 26.4. The van der Waals surface area contributed by atoms with Crippen molar-refractivity contribution in [1.82, 2.24) is 4.90 Å². The lowest BCUT2D eigenvalue weighted by atomic mass is 10.1. The quantitative estimate of drug-likeness (QED) is 0.402. The monoisotopic (exact) mass is 455 g/mol. The fourth-order valence-corrected chi connectivity index (χ4v) is 4.57. The Labute approximate surface area is 192 Å². The highest BCUT2D eigenvalue weighted by atomic mass is 32.2. The lowest BCUT2D eigenvalue weighted by Gasteiger charge is -2.22. The molecule has 0 spiro atoms. The van der Waals surface area contributed by atoms with Crippen molar-refractivity contribution in [2.75, 3.05) is 0 Å². The summed E-state index contributed by atoms with van der Waals surface area (Å²) >= 11 is 6.48. The highest BCUT2D eigenvalue weighted by Crippen LogP contribution is 2.36. The first kappa shape index (κ1) is 23.0. The van der Waals surface area contributed by atoms with Crippen molar-refractivity contribution in [2.24, 2.45) is 0 Å². The lowest BCUT2D eigenvalue weighted by Crippen LogP contribution is -2.43. The number of aliphatic carboxylic acids is 1. The lowest BCUT2D eigenvalue weighted by molar-refractivity contribution is -0.145. The highest BCUT2D eigenvalue weighted by Gasteiger charge is 2.40. The molecule has 7 heteroatoms. The first-order chi connectivity index (χ1) is 14.9. The summed E-state index contributed by atoms with van der Waals surface area (Å²) in [6, 6.07) is 14.6. The maximum atomic E-state index is 13.0. The fourth-order valence-electron chi connectivity index (χ4n) is 3.23. The summed E-state index contributed by atoms with van der Waals surface area (Å²) in [7, 11) is 0. The molecule has 0 aliphatic carbocycles. The van der Waals surface area contributed by atoms with Gasteiger partial charge in [0, 0.05) is 5.56 Å². The maximum absolute atomic E-state index is 13.0. The first-order valence-corrected chi connectivity index (χ1v) is 11.4. The van der Waals surface area contributed by atoms with Gasteiger partial charge in [0.25, 0.3) is 5.91 Å². The number of unbranched alkanes of at least 4 members (excludes halogenated alkanes) is 1. The third kappa shape index (κ3) is 5.74. The average molecular weight is 456 g/mol. The van der Waals surface area contributed by atoms with Crippen LogP contribution < -0.4 is 4.74 Å². The summed E-state index contributed by atoms with van der Waals surface area (Å²) < 4.78 is 6.27. The van der Waals surface area contributed by atoms with E-state index in [2.05, 4.69) is 0 Å². The van der Waals surface area contributed by atoms with E-state index in [9.17, 15) is 14.7 Å². The van der Waals surface area contributed by atoms with Crippen LogP contribution in [-0.2, 0) is 16.2 Å². The van der Waals surface area contributed by atoms with Crippen molar-refractivity contribution in [3.05, 3.63) is 70.1 Å². The Balaban J connectivity index is 1.80. The van der Waals surface area contributed by atoms with Crippen LogP contribution in [0.25, 0.3) is 6.08 Å². The van der Waals surface area contributed by atoms with Gasteiger partial charge in [-0.2, -0.15) is 0 Å². The molecule has 0 radical (unpaired) electrons. The molecule has 2 aromatic carbocycles. The number of carboxylic acids is 1. The SMILES string of the molecule is CCCCC(C(=O)O)N1C(=O)C(=Cc2ccccc2OCc2ccc(C)cc2)SC1=S. The molecule has 1 atom stereocenters. The number of benzene rings is 2. The molecule has 1 amide bonds. The van der Waals surface area contributed by atoms with Crippen LogP contribution >= 0.6 is 24.0 Å². The minimum atomic E-state index is -1.03. The normalized spacial score (nSPS) is 16.1. The Morgan fingerprint density at radius 2 is 1.94 bits per heavy atom. The highest BCUT2D eigenvalue weighted by molar-refractivity contribution is 8.26. The average Bonchev–Trinajstić information content (AvgIpc) is 3.02. The summed E-state index contributed by atoms with van der Waals surface area (Å²) in [6.07, 6.45) is 3.66. The second-order valence-electron chi connectivity index (χ2n) is 7.36. The second kappa shape index (κ2) is 10.6. The van der Waals surface area contributed by atoms with Gasteiger partial charge in [-0.1, -0.05) is 91.8 Å². The molecule has 1 aliphatic rings. The molecule has 1 unspecified atom stereocenters. The van der Waals surface area contributed by atoms with Gasteiger partial charge in [-0.3, -0.25) is 9.69 Å². The van der Waals surface area contributed by atoms with E-state index in [4.69, 9.17) is 17.0 Å². The van der Waals surface area contributed by atoms with Gasteiger partial charge in [-0.15, -0.1) is 0 Å². The molecule has 31 heavy (non-hydrogen) atoms. The molecule has 1 saturated heterocycles. The zero-order valence-electron chi connectivity index (χ0n) is 17.5. The summed E-state index contributed by atoms with van der Waals surface area (Å²) in [6.45, 7) is 4.42. The molecule has 1 heterocycles. The van der Waals surface area contributed by atoms with E-state index >= 15 is 0 Å². The van der Waals surface area contributed by atoms with Crippen LogP contribution in [0.4, 0.5) is 0 Å². The van der Waals surface area contributed by atoms with Crippen molar-refractivity contribution in [3.63, 3.8) is 0 Å². The number of carbonyl (C=O) groups is 2. The van der Waals surface area contributed by atoms with E-state index in [1.165, 1.54) is 10.5 Å². The number of ether oxygens (including phenoxy) is 1. The van der Waals surface area contributed by atoms with Crippen molar-refractivity contribution < 1.29 is 19.4 Å². The Hall–Kier alpha value is -2.64. The number of nitrogens with zero attached hydrogens (tertiary/aromatic N) is 1. The molecule has 0 aromatic heterocycles. The Morgan fingerprint density at radius 1 is 1.23 bits per heavy atom. The molecule has 1 fully saturated rings. The largest absolute Gasteiger partial charge is 0.488 e. The molecule has 0 bridgehead atoms. The fraction of sp³-hybridized carbons (Fsp3) is 0.292. The van der Waals surface area contributed by atoms with Gasteiger partial charge in [-0.25, -0.2) is 4.79 Å². The summed E-state index contributed by atoms with van der Waals surface area (Å²) in [5.41, 5.74) is 2.98. The Morgan fingerprint density at radius 3 is 2.61 bits per heavy atom. The van der Waals surface area contributed by atoms with Crippen LogP contribution in [-0.4, -0.2) is 32.2 Å². The van der Waals surface area contributed by atoms with Gasteiger partial charge in [0.05, 0.1) is 4.91 Å². The predicted molar refractivity (Wildman–Crippen MR) is 128 cm³/mol. The molecular formula is C24H25NO4S2. The molecule has 5 nitrogen and oxygen atoms in total. The van der Waals surface area contributed by atoms with Crippen LogP contribution in [0.1, 0.15) is 42.9 Å². The van der Waals surface area contributed by atoms with Gasteiger partial charge in [-0.05, 0) is 31.1 Å². The molecule has 3 rings (SSSR count). The third-order valence-corrected chi connectivity index (χ3v) is 6.30. The van der Waals surface area contributed by atoms with Crippen LogP contribution in [0.3, 0.4) is 0 Å². The Bertz CT molecular complexity index is 1000. The molecule has 1 aliphatic heterocycles. The minimum Gasteiger partial charge on any atom is -0.488 e. The van der Waals surface area contributed by atoms with E-state index in [1.54, 1.807) is 6.08 Å². The maximum Gasteiger partial charge on any atom is 0.326 e. The van der Waals surface area contributed by atoms with Crippen LogP contribution in [0.15, 0.2) is 53.4 Å². The van der Waals surface area contributed by atoms with E-state index in [1.807, 2.05) is 62.4 Å². The van der Waals surface area contributed by atoms with Crippen molar-refractivity contribution in [2.45, 2.75) is 45.8 Å². The number of amides is 1. The second-order valence-corrected chi connectivity index (χ2v) is 9.04. The molecule has 1 N–H and O–H groups in total. The number of hydrogen-bond acceptors (Lipinski definition) is 5. The number of thioether (sulfide) groups is 1. The minimum absolute atomic E-state index is 0.276. The van der Waals surface area contributed by atoms with Crippen molar-refractivity contribution >= 4 is 46.3 Å². The van der Waals surface area contributed by atoms with Crippen molar-refractivity contribution in [3.8, 4) is 5.75 Å². The van der Waals surface area contributed by atoms with Crippen LogP contribution in [0, 0.1) is 6.92 Å². The van der Waals surface area contributed by atoms with Crippen LogP contribution in [0.2, 0.25) is 0 Å². The molecular weight excluding hydrogens is 430 g/mol. The van der Waals surface area contributed by atoms with E-state index in [0.717, 1.165) is 29.3 Å². The number of carbonyl (C=O) groups excluding carboxylic acids is 1. The molecule has 2 aromatic rings. The van der Waals surface area contributed by atoms with Gasteiger partial charge in [0.2, 0.25) is 0 Å². The standard InChI is InChI=1S/C24H25NO4S2/c1-3-4-8-19(23(27)28)25-22(26)21(31-24(25)30)14-18-7-5-6-9-20(18)29-15-17-12-10-16(2)11-13-17/h5-7,9-14,19H,3-4,8,15H2,1-2H3,(H,27,28). The van der Waals surface area contributed by atoms with E-state index in [0.29, 0.717) is 30.1 Å². The van der Waals surface area contributed by atoms with Gasteiger partial charge in [0.1, 0.15) is 22.7 Å². The number of thiocarbonyl (C=S) groups is 1. The zero-order valence-corrected chi connectivity index (χ0v) is 19.2. The van der Waals surface area contributed by atoms with E-state index < -0.39 is 12.0 Å². The Kier molecular flexibility index (Phi) is 7.87.